The van der Waals surface area contributed by atoms with Crippen LogP contribution >= 0.6 is 0 Å². The summed E-state index contributed by atoms with van der Waals surface area (Å²) < 4.78 is 10.2. The minimum Gasteiger partial charge on any atom is -0.493 e. The first-order valence-corrected chi connectivity index (χ1v) is 4.73. The van der Waals surface area contributed by atoms with E-state index >= 15 is 0 Å². The first kappa shape index (κ1) is 12.2. The van der Waals surface area contributed by atoms with E-state index in [1.165, 1.54) is 11.9 Å². The normalized spacial score (nSPS) is 9.69. The van der Waals surface area contributed by atoms with Crippen LogP contribution in [0.4, 0.5) is 4.79 Å². The number of methoxy groups -OCH3 is 2. The minimum absolute atomic E-state index is 0.315. The molecule has 0 bridgehead atoms. The molecule has 1 N–H and O–H groups in total. The average molecular weight is 225 g/mol. The summed E-state index contributed by atoms with van der Waals surface area (Å²) in [5, 5.41) is 8.74. The van der Waals surface area contributed by atoms with Gasteiger partial charge in [0.2, 0.25) is 0 Å². The van der Waals surface area contributed by atoms with Crippen molar-refractivity contribution in [3.63, 3.8) is 0 Å². The zero-order valence-corrected chi connectivity index (χ0v) is 9.56. The second kappa shape index (κ2) is 5.25. The van der Waals surface area contributed by atoms with E-state index in [9.17, 15) is 4.79 Å². The number of benzene rings is 1. The summed E-state index contributed by atoms with van der Waals surface area (Å²) in [6.07, 6.45) is -0.963. The summed E-state index contributed by atoms with van der Waals surface area (Å²) >= 11 is 0. The number of hydrogen-bond donors (Lipinski definition) is 1. The molecule has 0 fully saturated rings. The highest BCUT2D eigenvalue weighted by Gasteiger charge is 2.09. The van der Waals surface area contributed by atoms with Crippen molar-refractivity contribution < 1.29 is 19.4 Å². The molecular formula is C11H15NO4. The molecule has 5 nitrogen and oxygen atoms in total. The van der Waals surface area contributed by atoms with Crippen LogP contribution in [0.2, 0.25) is 0 Å². The van der Waals surface area contributed by atoms with Crippen LogP contribution in [-0.2, 0) is 6.54 Å². The highest BCUT2D eigenvalue weighted by Crippen LogP contribution is 2.27. The van der Waals surface area contributed by atoms with Crippen molar-refractivity contribution in [2.24, 2.45) is 0 Å². The van der Waals surface area contributed by atoms with Crippen LogP contribution < -0.4 is 9.47 Å². The Bertz CT molecular complexity index is 378. The quantitative estimate of drug-likeness (QED) is 0.849. The fraction of sp³-hybridized carbons (Fsp3) is 0.364. The Morgan fingerprint density at radius 2 is 1.94 bits per heavy atom. The summed E-state index contributed by atoms with van der Waals surface area (Å²) in [5.74, 6) is 1.23. The number of amides is 1. The molecule has 0 unspecified atom stereocenters. The van der Waals surface area contributed by atoms with Crippen molar-refractivity contribution in [2.75, 3.05) is 21.3 Å². The molecule has 1 amide bonds. The Balaban J connectivity index is 2.86. The van der Waals surface area contributed by atoms with Crippen molar-refractivity contribution in [1.82, 2.24) is 4.90 Å². The zero-order valence-electron chi connectivity index (χ0n) is 9.56. The predicted molar refractivity (Wildman–Crippen MR) is 59.0 cm³/mol. The molecule has 1 aromatic carbocycles. The van der Waals surface area contributed by atoms with E-state index in [2.05, 4.69) is 0 Å². The van der Waals surface area contributed by atoms with Crippen LogP contribution in [0.15, 0.2) is 18.2 Å². The molecule has 16 heavy (non-hydrogen) atoms. The molecular weight excluding hydrogens is 210 g/mol. The third-order valence-electron chi connectivity index (χ3n) is 2.19. The molecule has 0 aliphatic rings. The lowest BCUT2D eigenvalue weighted by Gasteiger charge is -2.14. The second-order valence-electron chi connectivity index (χ2n) is 3.33. The summed E-state index contributed by atoms with van der Waals surface area (Å²) in [5.41, 5.74) is 0.850. The summed E-state index contributed by atoms with van der Waals surface area (Å²) in [6, 6.07) is 5.32. The Labute approximate surface area is 94.2 Å². The molecule has 0 heterocycles. The molecule has 0 atom stereocenters. The monoisotopic (exact) mass is 225 g/mol. The molecule has 0 aliphatic carbocycles. The number of ether oxygens (including phenoxy) is 2. The first-order chi connectivity index (χ1) is 7.58. The molecule has 88 valence electrons. The van der Waals surface area contributed by atoms with Gasteiger partial charge in [-0.15, -0.1) is 0 Å². The lowest BCUT2D eigenvalue weighted by molar-refractivity contribution is 0.153. The predicted octanol–water partition coefficient (Wildman–Crippen LogP) is 1.81. The molecule has 0 saturated heterocycles. The average Bonchev–Trinajstić information content (AvgIpc) is 2.28. The molecule has 0 aromatic heterocycles. The maximum Gasteiger partial charge on any atom is 0.407 e. The largest absolute Gasteiger partial charge is 0.493 e. The maximum absolute atomic E-state index is 10.7. The van der Waals surface area contributed by atoms with Crippen LogP contribution in [0.25, 0.3) is 0 Å². The maximum atomic E-state index is 10.7. The standard InChI is InChI=1S/C11H15NO4/c1-12(11(13)14)7-8-4-5-9(15-2)10(6-8)16-3/h4-6H,7H2,1-3H3,(H,13,14). The smallest absolute Gasteiger partial charge is 0.407 e. The topological polar surface area (TPSA) is 59.0 Å². The van der Waals surface area contributed by atoms with Gasteiger partial charge in [-0.05, 0) is 17.7 Å². The van der Waals surface area contributed by atoms with E-state index < -0.39 is 6.09 Å². The molecule has 0 aliphatic heterocycles. The highest BCUT2D eigenvalue weighted by atomic mass is 16.5. The Hall–Kier alpha value is -1.91. The molecule has 1 rings (SSSR count). The third-order valence-corrected chi connectivity index (χ3v) is 2.19. The number of hydrogen-bond acceptors (Lipinski definition) is 3. The molecule has 1 aromatic rings. The van der Waals surface area contributed by atoms with Gasteiger partial charge in [-0.2, -0.15) is 0 Å². The number of rotatable bonds is 4. The number of nitrogens with zero attached hydrogens (tertiary/aromatic N) is 1. The van der Waals surface area contributed by atoms with Gasteiger partial charge in [0.15, 0.2) is 11.5 Å². The van der Waals surface area contributed by atoms with Gasteiger partial charge in [-0.25, -0.2) is 4.79 Å². The van der Waals surface area contributed by atoms with Crippen molar-refractivity contribution in [1.29, 1.82) is 0 Å². The minimum atomic E-state index is -0.963. The van der Waals surface area contributed by atoms with Gasteiger partial charge in [0.25, 0.3) is 0 Å². The summed E-state index contributed by atoms with van der Waals surface area (Å²) in [6.45, 7) is 0.315. The van der Waals surface area contributed by atoms with Gasteiger partial charge in [-0.1, -0.05) is 6.07 Å². The van der Waals surface area contributed by atoms with Gasteiger partial charge >= 0.3 is 6.09 Å². The molecule has 0 radical (unpaired) electrons. The first-order valence-electron chi connectivity index (χ1n) is 4.73. The van der Waals surface area contributed by atoms with E-state index in [1.807, 2.05) is 0 Å². The highest BCUT2D eigenvalue weighted by molar-refractivity contribution is 5.64. The number of carbonyl (C=O) groups is 1. The van der Waals surface area contributed by atoms with Crippen molar-refractivity contribution in [3.8, 4) is 11.5 Å². The van der Waals surface area contributed by atoms with Gasteiger partial charge in [0.1, 0.15) is 0 Å². The van der Waals surface area contributed by atoms with Crippen LogP contribution in [0.1, 0.15) is 5.56 Å². The lowest BCUT2D eigenvalue weighted by Crippen LogP contribution is -2.23. The van der Waals surface area contributed by atoms with Gasteiger partial charge in [0, 0.05) is 13.6 Å². The zero-order chi connectivity index (χ0) is 12.1. The van der Waals surface area contributed by atoms with Gasteiger partial charge in [-0.3, -0.25) is 0 Å². The Morgan fingerprint density at radius 3 is 2.44 bits per heavy atom. The summed E-state index contributed by atoms with van der Waals surface area (Å²) in [7, 11) is 4.61. The molecule has 0 spiro atoms. The molecule has 5 heteroatoms. The SMILES string of the molecule is COc1ccc(CN(C)C(=O)O)cc1OC. The van der Waals surface area contributed by atoms with E-state index in [0.29, 0.717) is 18.0 Å². The van der Waals surface area contributed by atoms with E-state index in [1.54, 1.807) is 32.4 Å². The van der Waals surface area contributed by atoms with Crippen LogP contribution in [0.3, 0.4) is 0 Å². The van der Waals surface area contributed by atoms with Crippen molar-refractivity contribution in [2.45, 2.75) is 6.54 Å². The summed E-state index contributed by atoms with van der Waals surface area (Å²) in [4.78, 5) is 11.8. The van der Waals surface area contributed by atoms with Crippen molar-refractivity contribution >= 4 is 6.09 Å². The number of carboxylic acid groups (broad SMARTS) is 1. The van der Waals surface area contributed by atoms with Gasteiger partial charge in [0.05, 0.1) is 14.2 Å². The fourth-order valence-corrected chi connectivity index (χ4v) is 1.32. The fourth-order valence-electron chi connectivity index (χ4n) is 1.32. The third kappa shape index (κ3) is 2.79. The van der Waals surface area contributed by atoms with E-state index in [0.717, 1.165) is 5.56 Å². The van der Waals surface area contributed by atoms with Crippen LogP contribution in [0, 0.1) is 0 Å². The van der Waals surface area contributed by atoms with E-state index in [4.69, 9.17) is 14.6 Å². The van der Waals surface area contributed by atoms with Gasteiger partial charge < -0.3 is 19.5 Å². The molecule has 0 saturated carbocycles. The Kier molecular flexibility index (Phi) is 3.99. The lowest BCUT2D eigenvalue weighted by atomic mass is 10.2. The second-order valence-corrected chi connectivity index (χ2v) is 3.33. The van der Waals surface area contributed by atoms with E-state index in [-0.39, 0.29) is 0 Å². The van der Waals surface area contributed by atoms with Crippen molar-refractivity contribution in [3.05, 3.63) is 23.8 Å². The Morgan fingerprint density at radius 1 is 1.31 bits per heavy atom. The van der Waals surface area contributed by atoms with Crippen LogP contribution in [-0.4, -0.2) is 37.4 Å². The van der Waals surface area contributed by atoms with Crippen LogP contribution in [0.5, 0.6) is 11.5 Å².